The molecule has 0 amide bonds. The standard InChI is InChI=1S/C16H16Cl2N2O/c17-12-4-3-6-14(15(12)18)21-16(11-7-9-19-10-11)13-5-1-2-8-20-13/h1-6,8,11,16,19H,7,9-10H2/t11?,16-/m0/s1. The van der Waals surface area contributed by atoms with Gasteiger partial charge in [-0.05, 0) is 37.2 Å². The molecule has 0 bridgehead atoms. The fourth-order valence-electron chi connectivity index (χ4n) is 2.59. The zero-order valence-corrected chi connectivity index (χ0v) is 12.9. The van der Waals surface area contributed by atoms with Gasteiger partial charge in [0.25, 0.3) is 0 Å². The number of rotatable bonds is 4. The largest absolute Gasteiger partial charge is 0.482 e. The molecule has 1 fully saturated rings. The van der Waals surface area contributed by atoms with Gasteiger partial charge in [0.1, 0.15) is 16.9 Å². The molecular weight excluding hydrogens is 307 g/mol. The van der Waals surface area contributed by atoms with E-state index in [1.165, 1.54) is 0 Å². The third-order valence-corrected chi connectivity index (χ3v) is 4.48. The van der Waals surface area contributed by atoms with Crippen molar-refractivity contribution in [1.29, 1.82) is 0 Å². The van der Waals surface area contributed by atoms with Gasteiger partial charge in [0, 0.05) is 18.7 Å². The lowest BCUT2D eigenvalue weighted by Crippen LogP contribution is -2.22. The predicted molar refractivity (Wildman–Crippen MR) is 85.0 cm³/mol. The number of aromatic nitrogens is 1. The Morgan fingerprint density at radius 2 is 2.10 bits per heavy atom. The van der Waals surface area contributed by atoms with Crippen LogP contribution in [-0.4, -0.2) is 18.1 Å². The van der Waals surface area contributed by atoms with E-state index in [1.54, 1.807) is 12.3 Å². The number of nitrogens with one attached hydrogen (secondary N) is 1. The summed E-state index contributed by atoms with van der Waals surface area (Å²) in [5.41, 5.74) is 0.919. The quantitative estimate of drug-likeness (QED) is 0.919. The molecule has 110 valence electrons. The van der Waals surface area contributed by atoms with Gasteiger partial charge in [-0.15, -0.1) is 0 Å². The predicted octanol–water partition coefficient (Wildman–Crippen LogP) is 4.12. The molecule has 0 radical (unpaired) electrons. The first-order valence-corrected chi connectivity index (χ1v) is 7.73. The average molecular weight is 323 g/mol. The molecule has 1 N–H and O–H groups in total. The van der Waals surface area contributed by atoms with Gasteiger partial charge >= 0.3 is 0 Å². The zero-order chi connectivity index (χ0) is 14.7. The Hall–Kier alpha value is -1.29. The summed E-state index contributed by atoms with van der Waals surface area (Å²) >= 11 is 12.3. The van der Waals surface area contributed by atoms with E-state index in [4.69, 9.17) is 27.9 Å². The van der Waals surface area contributed by atoms with Gasteiger partial charge in [-0.1, -0.05) is 35.3 Å². The van der Waals surface area contributed by atoms with Crippen LogP contribution in [0.1, 0.15) is 18.2 Å². The monoisotopic (exact) mass is 322 g/mol. The molecule has 1 aliphatic rings. The van der Waals surface area contributed by atoms with Crippen LogP contribution in [0.3, 0.4) is 0 Å². The maximum atomic E-state index is 6.24. The van der Waals surface area contributed by atoms with Gasteiger partial charge in [-0.25, -0.2) is 0 Å². The van der Waals surface area contributed by atoms with Crippen molar-refractivity contribution in [2.75, 3.05) is 13.1 Å². The molecule has 21 heavy (non-hydrogen) atoms. The minimum atomic E-state index is -0.128. The number of pyridine rings is 1. The Morgan fingerprint density at radius 3 is 2.81 bits per heavy atom. The topological polar surface area (TPSA) is 34.1 Å². The molecule has 0 saturated carbocycles. The fourth-order valence-corrected chi connectivity index (χ4v) is 2.93. The Balaban J connectivity index is 1.90. The number of hydrogen-bond donors (Lipinski definition) is 1. The van der Waals surface area contributed by atoms with Crippen LogP contribution < -0.4 is 10.1 Å². The highest BCUT2D eigenvalue weighted by atomic mass is 35.5. The number of hydrogen-bond acceptors (Lipinski definition) is 3. The number of benzene rings is 1. The van der Waals surface area contributed by atoms with Crippen molar-refractivity contribution in [3.63, 3.8) is 0 Å². The van der Waals surface area contributed by atoms with Crippen molar-refractivity contribution >= 4 is 23.2 Å². The lowest BCUT2D eigenvalue weighted by atomic mass is 9.98. The first kappa shape index (κ1) is 14.6. The molecule has 1 saturated heterocycles. The van der Waals surface area contributed by atoms with E-state index in [2.05, 4.69) is 10.3 Å². The molecule has 2 atom stereocenters. The van der Waals surface area contributed by atoms with E-state index in [1.807, 2.05) is 30.3 Å². The molecule has 0 spiro atoms. The summed E-state index contributed by atoms with van der Waals surface area (Å²) in [6, 6.07) is 11.3. The lowest BCUT2D eigenvalue weighted by molar-refractivity contribution is 0.140. The maximum Gasteiger partial charge on any atom is 0.145 e. The SMILES string of the molecule is Clc1cccc(O[C@H](c2ccccn2)C2CCNC2)c1Cl. The first-order chi connectivity index (χ1) is 10.3. The zero-order valence-electron chi connectivity index (χ0n) is 11.4. The second-order valence-corrected chi connectivity index (χ2v) is 5.88. The van der Waals surface area contributed by atoms with E-state index < -0.39 is 0 Å². The molecule has 0 aliphatic carbocycles. The van der Waals surface area contributed by atoms with Crippen LogP contribution in [0.5, 0.6) is 5.75 Å². The second-order valence-electron chi connectivity index (χ2n) is 5.10. The highest BCUT2D eigenvalue weighted by Crippen LogP contribution is 2.37. The van der Waals surface area contributed by atoms with Crippen molar-refractivity contribution < 1.29 is 4.74 Å². The Morgan fingerprint density at radius 1 is 1.19 bits per heavy atom. The van der Waals surface area contributed by atoms with E-state index >= 15 is 0 Å². The van der Waals surface area contributed by atoms with Crippen molar-refractivity contribution in [3.8, 4) is 5.75 Å². The summed E-state index contributed by atoms with van der Waals surface area (Å²) in [6.45, 7) is 1.92. The average Bonchev–Trinajstić information content (AvgIpc) is 3.04. The van der Waals surface area contributed by atoms with E-state index in [-0.39, 0.29) is 6.10 Å². The molecule has 3 rings (SSSR count). The van der Waals surface area contributed by atoms with Gasteiger partial charge in [0.2, 0.25) is 0 Å². The highest BCUT2D eigenvalue weighted by molar-refractivity contribution is 6.42. The summed E-state index contributed by atoms with van der Waals surface area (Å²) in [5.74, 6) is 0.974. The van der Waals surface area contributed by atoms with E-state index in [9.17, 15) is 0 Å². The summed E-state index contributed by atoms with van der Waals surface area (Å²) in [6.07, 6.45) is 2.71. The fraction of sp³-hybridized carbons (Fsp3) is 0.312. The van der Waals surface area contributed by atoms with Crippen LogP contribution in [-0.2, 0) is 0 Å². The summed E-state index contributed by atoms with van der Waals surface area (Å²) in [7, 11) is 0. The van der Waals surface area contributed by atoms with Gasteiger partial charge < -0.3 is 10.1 Å². The summed E-state index contributed by atoms with van der Waals surface area (Å²) in [4.78, 5) is 4.44. The van der Waals surface area contributed by atoms with E-state index in [0.717, 1.165) is 25.2 Å². The van der Waals surface area contributed by atoms with Crippen molar-refractivity contribution in [2.24, 2.45) is 5.92 Å². The minimum absolute atomic E-state index is 0.128. The summed E-state index contributed by atoms with van der Waals surface area (Å²) < 4.78 is 6.18. The first-order valence-electron chi connectivity index (χ1n) is 6.98. The van der Waals surface area contributed by atoms with Crippen molar-refractivity contribution in [2.45, 2.75) is 12.5 Å². The highest BCUT2D eigenvalue weighted by Gasteiger charge is 2.29. The molecule has 5 heteroatoms. The van der Waals surface area contributed by atoms with Gasteiger partial charge in [0.05, 0.1) is 10.7 Å². The van der Waals surface area contributed by atoms with Crippen LogP contribution in [0.2, 0.25) is 10.0 Å². The van der Waals surface area contributed by atoms with Crippen LogP contribution >= 0.6 is 23.2 Å². The molecule has 2 aromatic rings. The third kappa shape index (κ3) is 3.31. The molecular formula is C16H16Cl2N2O. The molecule has 1 aliphatic heterocycles. The number of halogens is 2. The molecule has 2 heterocycles. The number of ether oxygens (including phenoxy) is 1. The molecule has 1 aromatic carbocycles. The van der Waals surface area contributed by atoms with Crippen molar-refractivity contribution in [1.82, 2.24) is 10.3 Å². The maximum absolute atomic E-state index is 6.24. The normalized spacial score (nSPS) is 19.4. The molecule has 1 aromatic heterocycles. The van der Waals surface area contributed by atoms with Crippen LogP contribution in [0.4, 0.5) is 0 Å². The van der Waals surface area contributed by atoms with Gasteiger partial charge in [0.15, 0.2) is 0 Å². The number of nitrogens with zero attached hydrogens (tertiary/aromatic N) is 1. The van der Waals surface area contributed by atoms with Gasteiger partial charge in [-0.3, -0.25) is 4.98 Å². The third-order valence-electron chi connectivity index (χ3n) is 3.68. The lowest BCUT2D eigenvalue weighted by Gasteiger charge is -2.24. The Labute approximate surface area is 134 Å². The molecule has 1 unspecified atom stereocenters. The Kier molecular flexibility index (Phi) is 4.63. The summed E-state index contributed by atoms with van der Waals surface area (Å²) in [5, 5.41) is 4.32. The van der Waals surface area contributed by atoms with Crippen LogP contribution in [0, 0.1) is 5.92 Å². The Bertz CT molecular complexity index is 600. The van der Waals surface area contributed by atoms with E-state index in [0.29, 0.717) is 21.7 Å². The van der Waals surface area contributed by atoms with Gasteiger partial charge in [-0.2, -0.15) is 0 Å². The van der Waals surface area contributed by atoms with Crippen molar-refractivity contribution in [3.05, 3.63) is 58.3 Å². The molecule has 3 nitrogen and oxygen atoms in total. The van der Waals surface area contributed by atoms with Crippen LogP contribution in [0.25, 0.3) is 0 Å². The minimum Gasteiger partial charge on any atom is -0.482 e. The van der Waals surface area contributed by atoms with Crippen LogP contribution in [0.15, 0.2) is 42.6 Å². The second kappa shape index (κ2) is 6.65. The smallest absolute Gasteiger partial charge is 0.145 e.